The number of phenols is 1. The Morgan fingerprint density at radius 2 is 2.10 bits per heavy atom. The van der Waals surface area contributed by atoms with Gasteiger partial charge in [0.25, 0.3) is 5.91 Å². The number of carbonyl (C=O) groups excluding carboxylic acids is 2. The van der Waals surface area contributed by atoms with Crippen LogP contribution >= 0.6 is 0 Å². The number of rotatable bonds is 6. The van der Waals surface area contributed by atoms with E-state index in [1.165, 1.54) is 18.2 Å². The number of nitrogens with one attached hydrogen (secondary N) is 3. The number of hydrogen-bond acceptors (Lipinski definition) is 6. The van der Waals surface area contributed by atoms with Crippen LogP contribution < -0.4 is 24.4 Å². The molecule has 2 aromatic rings. The molecular formula is C17H19FN4O6S. The lowest BCUT2D eigenvalue weighted by Crippen LogP contribution is -2.37. The average Bonchev–Trinajstić information content (AvgIpc) is 2.91. The lowest BCUT2D eigenvalue weighted by molar-refractivity contribution is -0.117. The van der Waals surface area contributed by atoms with Crippen molar-refractivity contribution in [2.24, 2.45) is 0 Å². The summed E-state index contributed by atoms with van der Waals surface area (Å²) in [6, 6.07) is 5.25. The van der Waals surface area contributed by atoms with Crippen molar-refractivity contribution in [2.45, 2.75) is 6.92 Å². The first-order chi connectivity index (χ1) is 13.7. The van der Waals surface area contributed by atoms with Gasteiger partial charge in [-0.1, -0.05) is 6.07 Å². The zero-order valence-corrected chi connectivity index (χ0v) is 16.2. The van der Waals surface area contributed by atoms with Crippen molar-refractivity contribution in [3.8, 4) is 11.5 Å². The predicted octanol–water partition coefficient (Wildman–Crippen LogP) is 0.563. The minimum atomic E-state index is -4.29. The molecule has 3 amide bonds. The third-order valence-electron chi connectivity index (χ3n) is 4.07. The summed E-state index contributed by atoms with van der Waals surface area (Å²) >= 11 is 0. The van der Waals surface area contributed by atoms with E-state index < -0.39 is 39.9 Å². The minimum Gasteiger partial charge on any atom is -0.506 e. The highest BCUT2D eigenvalue weighted by Gasteiger charge is 2.37. The van der Waals surface area contributed by atoms with Crippen molar-refractivity contribution in [3.05, 3.63) is 30.1 Å². The second kappa shape index (κ2) is 7.99. The number of carbonyl (C=O) groups is 2. The molecule has 0 unspecified atom stereocenters. The number of nitrogens with zero attached hydrogens (tertiary/aromatic N) is 1. The fourth-order valence-corrected chi connectivity index (χ4v) is 4.00. The second-order valence-electron chi connectivity index (χ2n) is 6.11. The summed E-state index contributed by atoms with van der Waals surface area (Å²) in [6.07, 6.45) is 0. The van der Waals surface area contributed by atoms with Crippen molar-refractivity contribution in [1.82, 2.24) is 15.4 Å². The zero-order valence-electron chi connectivity index (χ0n) is 15.4. The summed E-state index contributed by atoms with van der Waals surface area (Å²) in [5.41, 5.74) is -0.620. The van der Waals surface area contributed by atoms with Crippen molar-refractivity contribution < 1.29 is 32.2 Å². The van der Waals surface area contributed by atoms with Gasteiger partial charge >= 0.3 is 16.2 Å². The standard InChI is InChI=1S/C17H19FN4O6S/c1-2-19-17(25)20-5-6-28-11-4-3-10-7-13(23)16(15(18)12(10)8-11)22-9-14(24)21-29(22,26)27/h3-4,7-8,23H,2,5-6,9H2,1H3,(H,21,24)(H2,19,20,25). The fourth-order valence-electron chi connectivity index (χ4n) is 2.84. The third-order valence-corrected chi connectivity index (χ3v) is 5.44. The van der Waals surface area contributed by atoms with E-state index in [1.54, 1.807) is 17.7 Å². The Morgan fingerprint density at radius 3 is 2.76 bits per heavy atom. The number of hydrogen-bond donors (Lipinski definition) is 4. The molecule has 0 aliphatic carbocycles. The second-order valence-corrected chi connectivity index (χ2v) is 7.71. The quantitative estimate of drug-likeness (QED) is 0.498. The largest absolute Gasteiger partial charge is 0.506 e. The van der Waals surface area contributed by atoms with E-state index in [9.17, 15) is 23.1 Å². The van der Waals surface area contributed by atoms with Crippen LogP contribution in [0.5, 0.6) is 11.5 Å². The van der Waals surface area contributed by atoms with Crippen LogP contribution in [0.4, 0.5) is 14.9 Å². The van der Waals surface area contributed by atoms with Crippen LogP contribution in [0, 0.1) is 5.82 Å². The molecule has 0 bridgehead atoms. The molecule has 0 saturated carbocycles. The Morgan fingerprint density at radius 1 is 1.34 bits per heavy atom. The molecule has 156 valence electrons. The SMILES string of the molecule is CCNC(=O)NCCOc1ccc2cc(O)c(N3CC(=O)NS3(=O)=O)c(F)c2c1. The van der Waals surface area contributed by atoms with Gasteiger partial charge < -0.3 is 20.5 Å². The van der Waals surface area contributed by atoms with E-state index in [0.717, 1.165) is 0 Å². The van der Waals surface area contributed by atoms with Gasteiger partial charge in [0.15, 0.2) is 5.82 Å². The zero-order chi connectivity index (χ0) is 21.2. The number of halogens is 1. The maximum Gasteiger partial charge on any atom is 0.326 e. The van der Waals surface area contributed by atoms with Crippen LogP contribution in [-0.2, 0) is 15.0 Å². The molecule has 1 fully saturated rings. The molecule has 4 N–H and O–H groups in total. The molecule has 1 aliphatic rings. The molecule has 2 aromatic carbocycles. The van der Waals surface area contributed by atoms with Gasteiger partial charge in [0.05, 0.1) is 6.54 Å². The monoisotopic (exact) mass is 426 g/mol. The van der Waals surface area contributed by atoms with Gasteiger partial charge in [0, 0.05) is 11.9 Å². The first-order valence-electron chi connectivity index (χ1n) is 8.66. The maximum absolute atomic E-state index is 15.1. The van der Waals surface area contributed by atoms with Gasteiger partial charge in [-0.05, 0) is 30.5 Å². The first-order valence-corrected chi connectivity index (χ1v) is 10.1. The molecule has 1 saturated heterocycles. The van der Waals surface area contributed by atoms with Crippen LogP contribution in [0.2, 0.25) is 0 Å². The van der Waals surface area contributed by atoms with Crippen LogP contribution in [0.15, 0.2) is 24.3 Å². The van der Waals surface area contributed by atoms with Crippen LogP contribution in [0.25, 0.3) is 10.8 Å². The highest BCUT2D eigenvalue weighted by molar-refractivity contribution is 7.92. The number of aromatic hydroxyl groups is 1. The summed E-state index contributed by atoms with van der Waals surface area (Å²) in [7, 11) is -4.29. The highest BCUT2D eigenvalue weighted by Crippen LogP contribution is 2.39. The van der Waals surface area contributed by atoms with Crippen molar-refractivity contribution in [3.63, 3.8) is 0 Å². The minimum absolute atomic E-state index is 0.00142. The Labute approximate surface area is 165 Å². The number of urea groups is 1. The Kier molecular flexibility index (Phi) is 5.64. The summed E-state index contributed by atoms with van der Waals surface area (Å²) in [5, 5.41) is 15.6. The van der Waals surface area contributed by atoms with Gasteiger partial charge in [-0.25, -0.2) is 18.2 Å². The molecule has 1 aliphatic heterocycles. The van der Waals surface area contributed by atoms with E-state index in [1.807, 2.05) is 0 Å². The first kappa shape index (κ1) is 20.5. The highest BCUT2D eigenvalue weighted by atomic mass is 32.2. The Hall–Kier alpha value is -3.28. The van der Waals surface area contributed by atoms with Crippen molar-refractivity contribution >= 4 is 38.6 Å². The lowest BCUT2D eigenvalue weighted by Gasteiger charge is -2.18. The molecular weight excluding hydrogens is 407 g/mol. The summed E-state index contributed by atoms with van der Waals surface area (Å²) < 4.78 is 46.8. The van der Waals surface area contributed by atoms with Gasteiger partial charge in [0.1, 0.15) is 30.3 Å². The normalized spacial score (nSPS) is 15.2. The summed E-state index contributed by atoms with van der Waals surface area (Å²) in [6.45, 7) is 1.96. The smallest absolute Gasteiger partial charge is 0.326 e. The number of amides is 3. The predicted molar refractivity (Wildman–Crippen MR) is 103 cm³/mol. The van der Waals surface area contributed by atoms with Crippen molar-refractivity contribution in [2.75, 3.05) is 30.5 Å². The number of phenolic OH excluding ortho intramolecular Hbond substituents is 1. The molecule has 12 heteroatoms. The van der Waals surface area contributed by atoms with Crippen molar-refractivity contribution in [1.29, 1.82) is 0 Å². The molecule has 0 spiro atoms. The van der Waals surface area contributed by atoms with Gasteiger partial charge in [-0.3, -0.25) is 4.79 Å². The molecule has 3 rings (SSSR count). The van der Waals surface area contributed by atoms with Gasteiger partial charge in [0.2, 0.25) is 0 Å². The number of anilines is 1. The molecule has 0 radical (unpaired) electrons. The van der Waals surface area contributed by atoms with E-state index >= 15 is 4.39 Å². The fraction of sp³-hybridized carbons (Fsp3) is 0.294. The van der Waals surface area contributed by atoms with Crippen LogP contribution in [0.1, 0.15) is 6.92 Å². The van der Waals surface area contributed by atoms with E-state index in [0.29, 0.717) is 16.2 Å². The average molecular weight is 426 g/mol. The number of ether oxygens (including phenoxy) is 1. The maximum atomic E-state index is 15.1. The third kappa shape index (κ3) is 4.26. The summed E-state index contributed by atoms with van der Waals surface area (Å²) in [4.78, 5) is 22.7. The van der Waals surface area contributed by atoms with Gasteiger partial charge in [-0.15, -0.1) is 0 Å². The molecule has 0 aromatic heterocycles. The number of benzene rings is 2. The van der Waals surface area contributed by atoms with Crippen LogP contribution in [0.3, 0.4) is 0 Å². The molecule has 0 atom stereocenters. The lowest BCUT2D eigenvalue weighted by atomic mass is 10.1. The molecule has 1 heterocycles. The van der Waals surface area contributed by atoms with Gasteiger partial charge in [-0.2, -0.15) is 8.42 Å². The Balaban J connectivity index is 1.85. The molecule has 29 heavy (non-hydrogen) atoms. The summed E-state index contributed by atoms with van der Waals surface area (Å²) in [5.74, 6) is -2.18. The molecule has 10 nitrogen and oxygen atoms in total. The Bertz CT molecular complexity index is 1080. The number of fused-ring (bicyclic) bond motifs is 1. The van der Waals surface area contributed by atoms with E-state index in [-0.39, 0.29) is 30.3 Å². The van der Waals surface area contributed by atoms with E-state index in [4.69, 9.17) is 4.74 Å². The van der Waals surface area contributed by atoms with E-state index in [2.05, 4.69) is 10.6 Å². The van der Waals surface area contributed by atoms with Crippen LogP contribution in [-0.4, -0.2) is 51.7 Å². The topological polar surface area (TPSA) is 137 Å².